The molecule has 0 aromatic carbocycles. The molecule has 1 rings (SSSR count). The third kappa shape index (κ3) is 0.778. The minimum Gasteiger partial charge on any atom is -0.233 e. The summed E-state index contributed by atoms with van der Waals surface area (Å²) in [5, 5.41) is 10.5. The summed E-state index contributed by atoms with van der Waals surface area (Å²) < 4.78 is 0. The van der Waals surface area contributed by atoms with E-state index in [-0.39, 0.29) is 6.10 Å². The van der Waals surface area contributed by atoms with Crippen molar-refractivity contribution in [3.63, 3.8) is 0 Å². The molecule has 0 aromatic rings. The Bertz CT molecular complexity index is 59.2. The SMILES string of the molecule is CCC1CCC1[O]. The van der Waals surface area contributed by atoms with E-state index in [0.717, 1.165) is 12.8 Å². The molecule has 1 heteroatoms. The topological polar surface area (TPSA) is 19.9 Å². The Morgan fingerprint density at radius 2 is 2.29 bits per heavy atom. The lowest BCUT2D eigenvalue weighted by atomic mass is 9.80. The van der Waals surface area contributed by atoms with E-state index in [1.54, 1.807) is 0 Å². The summed E-state index contributed by atoms with van der Waals surface area (Å²) in [6.45, 7) is 2.09. The van der Waals surface area contributed by atoms with Gasteiger partial charge in [-0.2, -0.15) is 0 Å². The first kappa shape index (κ1) is 5.10. The molecule has 7 heavy (non-hydrogen) atoms. The third-order valence-electron chi connectivity index (χ3n) is 1.87. The van der Waals surface area contributed by atoms with E-state index in [0.29, 0.717) is 5.92 Å². The van der Waals surface area contributed by atoms with E-state index < -0.39 is 0 Å². The summed E-state index contributed by atoms with van der Waals surface area (Å²) in [6.07, 6.45) is 3.00. The van der Waals surface area contributed by atoms with Crippen LogP contribution in [-0.2, 0) is 5.11 Å². The Kier molecular flexibility index (Phi) is 1.33. The Morgan fingerprint density at radius 3 is 2.29 bits per heavy atom. The van der Waals surface area contributed by atoms with Crippen molar-refractivity contribution in [3.05, 3.63) is 0 Å². The number of hydrogen-bond acceptors (Lipinski definition) is 0. The molecule has 1 radical (unpaired) electrons. The van der Waals surface area contributed by atoms with Crippen molar-refractivity contribution in [3.8, 4) is 0 Å². The lowest BCUT2D eigenvalue weighted by Gasteiger charge is -2.28. The van der Waals surface area contributed by atoms with Crippen LogP contribution in [0.1, 0.15) is 26.2 Å². The molecule has 1 aliphatic rings. The van der Waals surface area contributed by atoms with Crippen LogP contribution < -0.4 is 0 Å². The van der Waals surface area contributed by atoms with Crippen LogP contribution in [0.3, 0.4) is 0 Å². The van der Waals surface area contributed by atoms with Crippen LogP contribution >= 0.6 is 0 Å². The zero-order valence-corrected chi connectivity index (χ0v) is 4.68. The fourth-order valence-electron chi connectivity index (χ4n) is 1.01. The van der Waals surface area contributed by atoms with Gasteiger partial charge >= 0.3 is 0 Å². The summed E-state index contributed by atoms with van der Waals surface area (Å²) in [4.78, 5) is 0. The van der Waals surface area contributed by atoms with Gasteiger partial charge in [0.15, 0.2) is 0 Å². The van der Waals surface area contributed by atoms with Crippen LogP contribution in [0.15, 0.2) is 0 Å². The molecule has 41 valence electrons. The van der Waals surface area contributed by atoms with E-state index in [1.807, 2.05) is 0 Å². The molecule has 0 amide bonds. The van der Waals surface area contributed by atoms with Gasteiger partial charge in [0.2, 0.25) is 0 Å². The van der Waals surface area contributed by atoms with Crippen molar-refractivity contribution in [2.75, 3.05) is 0 Å². The molecule has 2 unspecified atom stereocenters. The first-order chi connectivity index (χ1) is 3.34. The molecule has 1 aliphatic carbocycles. The van der Waals surface area contributed by atoms with E-state index >= 15 is 0 Å². The van der Waals surface area contributed by atoms with Crippen LogP contribution in [0.4, 0.5) is 0 Å². The fraction of sp³-hybridized carbons (Fsp3) is 1.00. The van der Waals surface area contributed by atoms with Gasteiger partial charge in [-0.3, -0.25) is 0 Å². The summed E-state index contributed by atoms with van der Waals surface area (Å²) in [6, 6.07) is 0. The van der Waals surface area contributed by atoms with Gasteiger partial charge in [-0.15, -0.1) is 0 Å². The van der Waals surface area contributed by atoms with E-state index in [9.17, 15) is 5.11 Å². The molecule has 0 bridgehead atoms. The molecule has 1 fully saturated rings. The quantitative estimate of drug-likeness (QED) is 0.476. The van der Waals surface area contributed by atoms with E-state index in [4.69, 9.17) is 0 Å². The third-order valence-corrected chi connectivity index (χ3v) is 1.87. The maximum Gasteiger partial charge on any atom is 0.0958 e. The molecule has 0 N–H and O–H groups in total. The largest absolute Gasteiger partial charge is 0.233 e. The summed E-state index contributed by atoms with van der Waals surface area (Å²) >= 11 is 0. The Morgan fingerprint density at radius 1 is 1.57 bits per heavy atom. The van der Waals surface area contributed by atoms with E-state index in [2.05, 4.69) is 6.92 Å². The van der Waals surface area contributed by atoms with Crippen LogP contribution in [-0.4, -0.2) is 6.10 Å². The lowest BCUT2D eigenvalue weighted by molar-refractivity contribution is -0.0338. The highest BCUT2D eigenvalue weighted by molar-refractivity contribution is 4.77. The second-order valence-corrected chi connectivity index (χ2v) is 2.28. The van der Waals surface area contributed by atoms with Gasteiger partial charge < -0.3 is 0 Å². The molecule has 0 spiro atoms. The normalized spacial score (nSPS) is 40.3. The van der Waals surface area contributed by atoms with Crippen molar-refractivity contribution in [1.82, 2.24) is 0 Å². The molecule has 0 aliphatic heterocycles. The lowest BCUT2D eigenvalue weighted by Crippen LogP contribution is -2.28. The zero-order valence-electron chi connectivity index (χ0n) is 4.68. The molecule has 0 heterocycles. The predicted octanol–water partition coefficient (Wildman–Crippen LogP) is 1.61. The Hall–Kier alpha value is -0.0400. The van der Waals surface area contributed by atoms with Crippen molar-refractivity contribution in [1.29, 1.82) is 0 Å². The molecular weight excluding hydrogens is 88.1 g/mol. The maximum absolute atomic E-state index is 10.5. The van der Waals surface area contributed by atoms with Crippen LogP contribution in [0.25, 0.3) is 0 Å². The van der Waals surface area contributed by atoms with Crippen molar-refractivity contribution in [2.24, 2.45) is 5.92 Å². The highest BCUT2D eigenvalue weighted by Crippen LogP contribution is 2.29. The van der Waals surface area contributed by atoms with Gasteiger partial charge in [-0.25, -0.2) is 5.11 Å². The average Bonchev–Trinajstić information content (AvgIpc) is 1.65. The van der Waals surface area contributed by atoms with Crippen LogP contribution in [0, 0.1) is 5.92 Å². The summed E-state index contributed by atoms with van der Waals surface area (Å²) in [7, 11) is 0. The van der Waals surface area contributed by atoms with E-state index in [1.165, 1.54) is 6.42 Å². The van der Waals surface area contributed by atoms with Crippen molar-refractivity contribution >= 4 is 0 Å². The Labute approximate surface area is 44.4 Å². The molecule has 2 atom stereocenters. The molecule has 0 aromatic heterocycles. The number of hydrogen-bond donors (Lipinski definition) is 0. The minimum atomic E-state index is -0.204. The van der Waals surface area contributed by atoms with Gasteiger partial charge in [0, 0.05) is 0 Å². The van der Waals surface area contributed by atoms with Crippen LogP contribution in [0.5, 0.6) is 0 Å². The van der Waals surface area contributed by atoms with Gasteiger partial charge in [0.25, 0.3) is 0 Å². The smallest absolute Gasteiger partial charge is 0.0958 e. The summed E-state index contributed by atoms with van der Waals surface area (Å²) in [5.74, 6) is 0.528. The average molecular weight is 99.2 g/mol. The second-order valence-electron chi connectivity index (χ2n) is 2.28. The highest BCUT2D eigenvalue weighted by atomic mass is 16.3. The molecular formula is C6H11O. The highest BCUT2D eigenvalue weighted by Gasteiger charge is 2.27. The van der Waals surface area contributed by atoms with Gasteiger partial charge in [-0.05, 0) is 18.8 Å². The maximum atomic E-state index is 10.5. The van der Waals surface area contributed by atoms with Gasteiger partial charge in [0.1, 0.15) is 0 Å². The van der Waals surface area contributed by atoms with Crippen molar-refractivity contribution in [2.45, 2.75) is 32.3 Å². The standard InChI is InChI=1S/C6H11O/c1-2-5-3-4-6(5)7/h5-6H,2-4H2,1H3. The first-order valence-corrected chi connectivity index (χ1v) is 3.00. The molecule has 0 saturated heterocycles. The van der Waals surface area contributed by atoms with Crippen molar-refractivity contribution < 1.29 is 5.11 Å². The van der Waals surface area contributed by atoms with Crippen LogP contribution in [0.2, 0.25) is 0 Å². The van der Waals surface area contributed by atoms with Gasteiger partial charge in [-0.1, -0.05) is 13.3 Å². The summed E-state index contributed by atoms with van der Waals surface area (Å²) in [5.41, 5.74) is 0. The first-order valence-electron chi connectivity index (χ1n) is 3.00. The predicted molar refractivity (Wildman–Crippen MR) is 27.5 cm³/mol. The molecule has 1 nitrogen and oxygen atoms in total. The monoisotopic (exact) mass is 99.1 g/mol. The number of rotatable bonds is 1. The zero-order chi connectivity index (χ0) is 5.28. The second kappa shape index (κ2) is 1.83. The minimum absolute atomic E-state index is 0.204. The fourth-order valence-corrected chi connectivity index (χ4v) is 1.01. The van der Waals surface area contributed by atoms with Gasteiger partial charge in [0.05, 0.1) is 6.10 Å². The Balaban J connectivity index is 2.16. The molecule has 1 saturated carbocycles.